The Balaban J connectivity index is 3.30. The van der Waals surface area contributed by atoms with Gasteiger partial charge in [-0.3, -0.25) is 0 Å². The molecule has 1 aromatic rings. The second-order valence-electron chi connectivity index (χ2n) is 5.30. The SMILES string of the molecule is C=C/C=C(Cl)\C(OC)=C(\F)Cc1nc(C(=O)OCCCC)c(Cl)c(N)c1F. The lowest BCUT2D eigenvalue weighted by Crippen LogP contribution is -2.14. The van der Waals surface area contributed by atoms with Crippen LogP contribution in [0.4, 0.5) is 14.5 Å². The third-order valence-electron chi connectivity index (χ3n) is 3.36. The van der Waals surface area contributed by atoms with E-state index in [2.05, 4.69) is 11.6 Å². The highest BCUT2D eigenvalue weighted by molar-refractivity contribution is 6.35. The van der Waals surface area contributed by atoms with Crippen LogP contribution in [0.5, 0.6) is 0 Å². The van der Waals surface area contributed by atoms with Gasteiger partial charge in [-0.25, -0.2) is 18.6 Å². The minimum absolute atomic E-state index is 0.0773. The number of methoxy groups -OCH3 is 1. The van der Waals surface area contributed by atoms with Gasteiger partial charge in [-0.15, -0.1) is 0 Å². The Morgan fingerprint density at radius 2 is 2.11 bits per heavy atom. The fourth-order valence-electron chi connectivity index (χ4n) is 1.99. The van der Waals surface area contributed by atoms with Crippen molar-refractivity contribution in [3.8, 4) is 0 Å². The first-order valence-electron chi connectivity index (χ1n) is 8.00. The van der Waals surface area contributed by atoms with Crippen LogP contribution in [-0.4, -0.2) is 24.7 Å². The van der Waals surface area contributed by atoms with Crippen LogP contribution < -0.4 is 5.73 Å². The van der Waals surface area contributed by atoms with Gasteiger partial charge in [0.2, 0.25) is 0 Å². The maximum Gasteiger partial charge on any atom is 0.358 e. The van der Waals surface area contributed by atoms with Crippen LogP contribution in [0.25, 0.3) is 0 Å². The minimum Gasteiger partial charge on any atom is -0.492 e. The number of hydrogen-bond acceptors (Lipinski definition) is 5. The number of ether oxygens (including phenoxy) is 2. The van der Waals surface area contributed by atoms with E-state index in [1.165, 1.54) is 19.3 Å². The van der Waals surface area contributed by atoms with Gasteiger partial charge < -0.3 is 15.2 Å². The molecule has 27 heavy (non-hydrogen) atoms. The Labute approximate surface area is 166 Å². The number of nitrogen functional groups attached to an aromatic ring is 1. The number of rotatable bonds is 9. The van der Waals surface area contributed by atoms with Gasteiger partial charge in [0.25, 0.3) is 0 Å². The maximum absolute atomic E-state index is 14.5. The Kier molecular flexibility index (Phi) is 9.25. The van der Waals surface area contributed by atoms with Crippen molar-refractivity contribution < 1.29 is 23.0 Å². The lowest BCUT2D eigenvalue weighted by Gasteiger charge is -2.12. The summed E-state index contributed by atoms with van der Waals surface area (Å²) in [5.74, 6) is -3.15. The highest BCUT2D eigenvalue weighted by Crippen LogP contribution is 2.30. The number of carbonyl (C=O) groups excluding carboxylic acids is 1. The Morgan fingerprint density at radius 1 is 1.44 bits per heavy atom. The van der Waals surface area contributed by atoms with E-state index >= 15 is 0 Å². The molecule has 0 radical (unpaired) electrons. The van der Waals surface area contributed by atoms with Crippen molar-refractivity contribution in [3.05, 3.63) is 57.6 Å². The van der Waals surface area contributed by atoms with Gasteiger partial charge in [-0.2, -0.15) is 0 Å². The summed E-state index contributed by atoms with van der Waals surface area (Å²) in [7, 11) is 1.20. The standard InChI is InChI=1S/C18H20Cl2F2N2O3/c1-4-6-8-27-18(25)16-13(20)15(23)14(22)12(24-16)9-11(21)17(26-3)10(19)7-5-2/h5,7H,2,4,6,8-9H2,1,3H3,(H2,23,24)/b10-7+,17-11-. The first kappa shape index (κ1) is 22.9. The number of halogens is 4. The first-order valence-corrected chi connectivity index (χ1v) is 8.75. The van der Waals surface area contributed by atoms with Crippen LogP contribution in [0.1, 0.15) is 35.9 Å². The highest BCUT2D eigenvalue weighted by Gasteiger charge is 2.24. The van der Waals surface area contributed by atoms with Gasteiger partial charge in [0.05, 0.1) is 35.2 Å². The molecular formula is C18H20Cl2F2N2O3. The molecule has 0 amide bonds. The summed E-state index contributed by atoms with van der Waals surface area (Å²) >= 11 is 11.8. The van der Waals surface area contributed by atoms with E-state index in [1.807, 2.05) is 6.92 Å². The molecule has 5 nitrogen and oxygen atoms in total. The third-order valence-corrected chi connectivity index (χ3v) is 4.04. The molecular weight excluding hydrogens is 401 g/mol. The summed E-state index contributed by atoms with van der Waals surface area (Å²) in [6, 6.07) is 0. The van der Waals surface area contributed by atoms with Crippen molar-refractivity contribution in [3.63, 3.8) is 0 Å². The quantitative estimate of drug-likeness (QED) is 0.260. The molecule has 0 spiro atoms. The smallest absolute Gasteiger partial charge is 0.358 e. The topological polar surface area (TPSA) is 74.4 Å². The van der Waals surface area contributed by atoms with E-state index in [1.54, 1.807) is 0 Å². The Morgan fingerprint density at radius 3 is 2.67 bits per heavy atom. The summed E-state index contributed by atoms with van der Waals surface area (Å²) in [5.41, 5.74) is 4.24. The number of anilines is 1. The van der Waals surface area contributed by atoms with E-state index in [0.29, 0.717) is 6.42 Å². The summed E-state index contributed by atoms with van der Waals surface area (Å²) in [4.78, 5) is 15.9. The number of aromatic nitrogens is 1. The second-order valence-corrected chi connectivity index (χ2v) is 6.09. The minimum atomic E-state index is -1.04. The van der Waals surface area contributed by atoms with Crippen LogP contribution >= 0.6 is 23.2 Å². The molecule has 1 heterocycles. The lowest BCUT2D eigenvalue weighted by atomic mass is 10.1. The van der Waals surface area contributed by atoms with Crippen molar-refractivity contribution in [1.82, 2.24) is 4.98 Å². The van der Waals surface area contributed by atoms with E-state index in [-0.39, 0.29) is 23.1 Å². The van der Waals surface area contributed by atoms with E-state index < -0.39 is 40.4 Å². The van der Waals surface area contributed by atoms with Gasteiger partial charge in [0, 0.05) is 6.42 Å². The molecule has 1 aromatic heterocycles. The van der Waals surface area contributed by atoms with Gasteiger partial charge in [0.15, 0.2) is 17.3 Å². The summed E-state index contributed by atoms with van der Waals surface area (Å²) in [6.07, 6.45) is 3.41. The number of esters is 1. The molecule has 0 aliphatic heterocycles. The number of nitrogens with two attached hydrogens (primary N) is 1. The molecule has 0 saturated carbocycles. The van der Waals surface area contributed by atoms with Crippen molar-refractivity contribution in [2.24, 2.45) is 0 Å². The molecule has 0 atom stereocenters. The summed E-state index contributed by atoms with van der Waals surface area (Å²) in [6.45, 7) is 5.50. The zero-order valence-electron chi connectivity index (χ0n) is 15.0. The average molecular weight is 421 g/mol. The average Bonchev–Trinajstić information content (AvgIpc) is 2.63. The molecule has 0 fully saturated rings. The molecule has 0 bridgehead atoms. The fraction of sp³-hybridized carbons (Fsp3) is 0.333. The number of nitrogens with zero attached hydrogens (tertiary/aromatic N) is 1. The zero-order valence-corrected chi connectivity index (χ0v) is 16.5. The normalized spacial score (nSPS) is 12.4. The Hall–Kier alpha value is -2.12. The summed E-state index contributed by atoms with van der Waals surface area (Å²) < 4.78 is 38.8. The van der Waals surface area contributed by atoms with Crippen LogP contribution in [0.3, 0.4) is 0 Å². The van der Waals surface area contributed by atoms with Crippen LogP contribution in [0.15, 0.2) is 35.3 Å². The predicted octanol–water partition coefficient (Wildman–Crippen LogP) is 5.09. The zero-order chi connectivity index (χ0) is 20.6. The molecule has 0 aromatic carbocycles. The monoisotopic (exact) mass is 420 g/mol. The molecule has 1 rings (SSSR count). The van der Waals surface area contributed by atoms with Gasteiger partial charge in [-0.05, 0) is 12.5 Å². The van der Waals surface area contributed by atoms with Crippen molar-refractivity contribution in [2.45, 2.75) is 26.2 Å². The van der Waals surface area contributed by atoms with E-state index in [4.69, 9.17) is 38.4 Å². The molecule has 148 valence electrons. The number of pyridine rings is 1. The first-order chi connectivity index (χ1) is 12.8. The van der Waals surface area contributed by atoms with Crippen LogP contribution in [0, 0.1) is 5.82 Å². The molecule has 0 saturated heterocycles. The van der Waals surface area contributed by atoms with Gasteiger partial charge in [-0.1, -0.05) is 49.2 Å². The van der Waals surface area contributed by atoms with Crippen LogP contribution in [-0.2, 0) is 15.9 Å². The van der Waals surface area contributed by atoms with Crippen LogP contribution in [0.2, 0.25) is 5.02 Å². The van der Waals surface area contributed by atoms with Crippen molar-refractivity contribution >= 4 is 34.9 Å². The fourth-order valence-corrected chi connectivity index (χ4v) is 2.46. The number of hydrogen-bond donors (Lipinski definition) is 1. The molecule has 2 N–H and O–H groups in total. The van der Waals surface area contributed by atoms with E-state index in [9.17, 15) is 13.6 Å². The van der Waals surface area contributed by atoms with E-state index in [0.717, 1.165) is 6.42 Å². The number of allylic oxidation sites excluding steroid dienone is 4. The third kappa shape index (κ3) is 5.94. The maximum atomic E-state index is 14.5. The van der Waals surface area contributed by atoms with Crippen molar-refractivity contribution in [1.29, 1.82) is 0 Å². The molecule has 9 heteroatoms. The Bertz CT molecular complexity index is 780. The van der Waals surface area contributed by atoms with Crippen molar-refractivity contribution in [2.75, 3.05) is 19.5 Å². The number of carbonyl (C=O) groups is 1. The predicted molar refractivity (Wildman–Crippen MR) is 102 cm³/mol. The highest BCUT2D eigenvalue weighted by atomic mass is 35.5. The molecule has 0 unspecified atom stereocenters. The molecule has 0 aliphatic carbocycles. The van der Waals surface area contributed by atoms with Gasteiger partial charge in [0.1, 0.15) is 5.83 Å². The van der Waals surface area contributed by atoms with Gasteiger partial charge >= 0.3 is 5.97 Å². The lowest BCUT2D eigenvalue weighted by molar-refractivity contribution is 0.0492. The largest absolute Gasteiger partial charge is 0.492 e. The number of unbranched alkanes of at least 4 members (excludes halogenated alkanes) is 1. The summed E-state index contributed by atoms with van der Waals surface area (Å²) in [5, 5.41) is -0.467. The second kappa shape index (κ2) is 10.9. The molecule has 0 aliphatic rings.